The molecule has 0 aromatic heterocycles. The van der Waals surface area contributed by atoms with Gasteiger partial charge in [-0.1, -0.05) is 39.8 Å². The van der Waals surface area contributed by atoms with Gasteiger partial charge in [-0.25, -0.2) is 0 Å². The van der Waals surface area contributed by atoms with Gasteiger partial charge in [-0.05, 0) is 142 Å². The number of allylic oxidation sites excluding steroid dienone is 1. The van der Waals surface area contributed by atoms with E-state index in [1.807, 2.05) is 0 Å². The minimum atomic E-state index is -1.69. The first-order chi connectivity index (χ1) is 25.6. The zero-order valence-electron chi connectivity index (χ0n) is 35.2. The van der Waals surface area contributed by atoms with Crippen molar-refractivity contribution >= 4 is 23.9 Å². The third-order valence-corrected chi connectivity index (χ3v) is 15.7. The molecule has 5 aliphatic carbocycles. The van der Waals surface area contributed by atoms with Crippen LogP contribution in [0.25, 0.3) is 0 Å². The lowest BCUT2D eigenvalue weighted by Crippen LogP contribution is -2.63. The fraction of sp³-hybridized carbons (Fsp3) is 0.864. The van der Waals surface area contributed by atoms with Gasteiger partial charge in [0, 0.05) is 27.7 Å². The average Bonchev–Trinajstić information content (AvgIpc) is 3.46. The molecular formula is C44H70O11. The number of esters is 4. The quantitative estimate of drug-likeness (QED) is 0.0854. The molecule has 0 aliphatic heterocycles. The van der Waals surface area contributed by atoms with Crippen molar-refractivity contribution in [2.24, 2.45) is 57.2 Å². The molecule has 2 N–H and O–H groups in total. The van der Waals surface area contributed by atoms with Gasteiger partial charge in [0.1, 0.15) is 12.7 Å². The Kier molecular flexibility index (Phi) is 13.0. The van der Waals surface area contributed by atoms with Crippen molar-refractivity contribution in [3.8, 4) is 0 Å². The Hall–Kier alpha value is -2.50. The van der Waals surface area contributed by atoms with E-state index >= 15 is 0 Å². The molecule has 0 bridgehead atoms. The number of rotatable bonds is 13. The fourth-order valence-electron chi connectivity index (χ4n) is 13.7. The van der Waals surface area contributed by atoms with Crippen molar-refractivity contribution in [2.75, 3.05) is 6.61 Å². The van der Waals surface area contributed by atoms with Crippen LogP contribution in [-0.2, 0) is 42.9 Å². The lowest BCUT2D eigenvalue weighted by atomic mass is 9.36. The highest BCUT2D eigenvalue weighted by Crippen LogP contribution is 2.74. The summed E-state index contributed by atoms with van der Waals surface area (Å²) >= 11 is 0. The van der Waals surface area contributed by atoms with Gasteiger partial charge in [0.15, 0.2) is 0 Å². The molecule has 0 radical (unpaired) electrons. The number of aliphatic hydroxyl groups is 2. The van der Waals surface area contributed by atoms with Crippen LogP contribution in [0.5, 0.6) is 0 Å². The lowest BCUT2D eigenvalue weighted by molar-refractivity contribution is -0.245. The molecule has 5 fully saturated rings. The molecule has 5 saturated carbocycles. The summed E-state index contributed by atoms with van der Waals surface area (Å²) in [7, 11) is 0. The fourth-order valence-corrected chi connectivity index (χ4v) is 13.7. The van der Waals surface area contributed by atoms with Crippen molar-refractivity contribution in [1.29, 1.82) is 0 Å². The maximum Gasteiger partial charge on any atom is 0.305 e. The number of fused-ring (bicyclic) bond motifs is 7. The summed E-state index contributed by atoms with van der Waals surface area (Å²) in [5.74, 6) is -0.212. The molecule has 0 aromatic carbocycles. The third kappa shape index (κ3) is 8.41. The van der Waals surface area contributed by atoms with E-state index in [2.05, 4.69) is 41.2 Å². The molecule has 8 unspecified atom stereocenters. The maximum absolute atomic E-state index is 12.6. The van der Waals surface area contributed by atoms with E-state index in [4.69, 9.17) is 23.7 Å². The topological polar surface area (TPSA) is 155 Å². The standard InChI is InChI=1S/C44H70O11/c1-24(2)30-14-20-44(22-33(49)38(52-25(3)23-51-26(4)45)39(53-27(5)46)40(54-28(6)47)55-29(7)48)21-15-32-31(37(30)44)12-13-35-42(32,10)18-16-34-41(8,9)36(50)17-19-43(34,35)11/h25,30-40,49-50H,1,12-23H2,2-11H3/t25?,30-,31?,32?,33+,34?,35?,36?,37?,38-,39?,42-,43-,44+/m0/s1. The molecule has 312 valence electrons. The highest BCUT2D eigenvalue weighted by Gasteiger charge is 2.67. The molecule has 55 heavy (non-hydrogen) atoms. The second-order valence-electron chi connectivity index (χ2n) is 19.4. The normalized spacial score (nSPS) is 38.5. The summed E-state index contributed by atoms with van der Waals surface area (Å²) in [4.78, 5) is 48.8. The minimum Gasteiger partial charge on any atom is -0.463 e. The first-order valence-electron chi connectivity index (χ1n) is 20.9. The van der Waals surface area contributed by atoms with Crippen LogP contribution in [-0.4, -0.2) is 77.5 Å². The van der Waals surface area contributed by atoms with Gasteiger partial charge in [-0.3, -0.25) is 19.2 Å². The van der Waals surface area contributed by atoms with Crippen LogP contribution >= 0.6 is 0 Å². The molecule has 14 atom stereocenters. The summed E-state index contributed by atoms with van der Waals surface area (Å²) in [6, 6.07) is 0. The molecule has 0 saturated heterocycles. The Bertz CT molecular complexity index is 1440. The summed E-state index contributed by atoms with van der Waals surface area (Å²) in [6.45, 7) is 22.6. The molecular weight excluding hydrogens is 704 g/mol. The van der Waals surface area contributed by atoms with Gasteiger partial charge >= 0.3 is 23.9 Å². The van der Waals surface area contributed by atoms with Crippen LogP contribution in [0.4, 0.5) is 0 Å². The zero-order valence-corrected chi connectivity index (χ0v) is 35.2. The minimum absolute atomic E-state index is 0.109. The Morgan fingerprint density at radius 1 is 0.727 bits per heavy atom. The third-order valence-electron chi connectivity index (χ3n) is 15.7. The first kappa shape index (κ1) is 43.6. The van der Waals surface area contributed by atoms with Crippen molar-refractivity contribution in [1.82, 2.24) is 0 Å². The number of hydrogen-bond donors (Lipinski definition) is 2. The highest BCUT2D eigenvalue weighted by atomic mass is 16.7. The number of ether oxygens (including phenoxy) is 5. The predicted molar refractivity (Wildman–Crippen MR) is 205 cm³/mol. The molecule has 0 heterocycles. The van der Waals surface area contributed by atoms with Crippen molar-refractivity contribution in [2.45, 2.75) is 177 Å². The number of aliphatic hydroxyl groups excluding tert-OH is 2. The van der Waals surface area contributed by atoms with Crippen LogP contribution in [0.15, 0.2) is 12.2 Å². The van der Waals surface area contributed by atoms with Gasteiger partial charge in [-0.15, -0.1) is 0 Å². The lowest BCUT2D eigenvalue weighted by Gasteiger charge is -2.69. The van der Waals surface area contributed by atoms with Crippen molar-refractivity contribution in [3.63, 3.8) is 0 Å². The Morgan fingerprint density at radius 3 is 1.91 bits per heavy atom. The second-order valence-corrected chi connectivity index (χ2v) is 19.4. The van der Waals surface area contributed by atoms with Gasteiger partial charge < -0.3 is 33.9 Å². The summed E-state index contributed by atoms with van der Waals surface area (Å²) in [6.07, 6.45) is 3.85. The summed E-state index contributed by atoms with van der Waals surface area (Å²) in [5, 5.41) is 23.6. The zero-order chi connectivity index (χ0) is 40.8. The van der Waals surface area contributed by atoms with Crippen molar-refractivity contribution < 1.29 is 53.1 Å². The van der Waals surface area contributed by atoms with Crippen LogP contribution in [0.3, 0.4) is 0 Å². The van der Waals surface area contributed by atoms with E-state index in [0.29, 0.717) is 30.1 Å². The summed E-state index contributed by atoms with van der Waals surface area (Å²) < 4.78 is 28.1. The van der Waals surface area contributed by atoms with Crippen LogP contribution in [0.1, 0.15) is 140 Å². The van der Waals surface area contributed by atoms with E-state index < -0.39 is 54.6 Å². The smallest absolute Gasteiger partial charge is 0.305 e. The SMILES string of the molecule is C=C(C)[C@@H]1CC[C@]2(C[C@@H](O)[C@H](OC(C)COC(C)=O)C(OC(C)=O)C(OC(C)=O)OC(C)=O)CCC3C(CCC4[C@@]3(C)CCC3C(C)(C)C(O)CC[C@@]34C)C12. The second kappa shape index (κ2) is 16.4. The number of carbonyl (C=O) groups is 4. The van der Waals surface area contributed by atoms with Crippen LogP contribution in [0.2, 0.25) is 0 Å². The molecule has 5 rings (SSSR count). The highest BCUT2D eigenvalue weighted by molar-refractivity contribution is 5.69. The monoisotopic (exact) mass is 774 g/mol. The average molecular weight is 775 g/mol. The van der Waals surface area contributed by atoms with E-state index in [1.165, 1.54) is 19.4 Å². The molecule has 11 nitrogen and oxygen atoms in total. The Labute approximate surface area is 329 Å². The maximum atomic E-state index is 12.6. The molecule has 0 amide bonds. The van der Waals surface area contributed by atoms with E-state index in [1.54, 1.807) is 6.92 Å². The number of hydrogen-bond acceptors (Lipinski definition) is 11. The molecule has 0 aromatic rings. The van der Waals surface area contributed by atoms with Gasteiger partial charge in [0.25, 0.3) is 6.29 Å². The van der Waals surface area contributed by atoms with Crippen LogP contribution in [0, 0.1) is 57.2 Å². The van der Waals surface area contributed by atoms with Crippen molar-refractivity contribution in [3.05, 3.63) is 12.2 Å². The first-order valence-corrected chi connectivity index (χ1v) is 20.9. The van der Waals surface area contributed by atoms with E-state index in [9.17, 15) is 29.4 Å². The molecule has 0 spiro atoms. The van der Waals surface area contributed by atoms with Crippen LogP contribution < -0.4 is 0 Å². The van der Waals surface area contributed by atoms with E-state index in [-0.39, 0.29) is 46.2 Å². The van der Waals surface area contributed by atoms with Gasteiger partial charge in [0.2, 0.25) is 6.10 Å². The van der Waals surface area contributed by atoms with Gasteiger partial charge in [0.05, 0.1) is 18.3 Å². The van der Waals surface area contributed by atoms with E-state index in [0.717, 1.165) is 78.1 Å². The number of carbonyl (C=O) groups excluding carboxylic acids is 4. The predicted octanol–water partition coefficient (Wildman–Crippen LogP) is 7.09. The molecule has 5 aliphatic rings. The summed E-state index contributed by atoms with van der Waals surface area (Å²) in [5.41, 5.74) is 1.12. The Balaban J connectivity index is 1.49. The Morgan fingerprint density at radius 2 is 1.33 bits per heavy atom. The van der Waals surface area contributed by atoms with Gasteiger partial charge in [-0.2, -0.15) is 0 Å². The molecule has 11 heteroatoms. The largest absolute Gasteiger partial charge is 0.463 e.